The van der Waals surface area contributed by atoms with Gasteiger partial charge in [0.05, 0.1) is 10.6 Å². The zero-order chi connectivity index (χ0) is 24.9. The maximum absolute atomic E-state index is 12.9. The number of ether oxygens (including phenoxy) is 1. The second-order valence-corrected chi connectivity index (χ2v) is 10.9. The molecule has 0 aliphatic carbocycles. The number of benzene rings is 2. The number of rotatable bonds is 7. The molecule has 10 heteroatoms. The normalized spacial score (nSPS) is 16.4. The maximum Gasteiger partial charge on any atom is 0.293 e. The average molecular weight is 491 g/mol. The first-order valence-corrected chi connectivity index (χ1v) is 13.0. The average Bonchev–Trinajstić information content (AvgIpc) is 3.07. The van der Waals surface area contributed by atoms with Gasteiger partial charge in [-0.15, -0.1) is 0 Å². The quantitative estimate of drug-likeness (QED) is 0.571. The van der Waals surface area contributed by atoms with Gasteiger partial charge in [0.1, 0.15) is 5.60 Å². The summed E-state index contributed by atoms with van der Waals surface area (Å²) in [5.41, 5.74) is 1.04. The van der Waals surface area contributed by atoms with Crippen LogP contribution in [0.1, 0.15) is 38.1 Å². The van der Waals surface area contributed by atoms with Crippen LogP contribution >= 0.6 is 0 Å². The van der Waals surface area contributed by atoms with Crippen molar-refractivity contribution in [2.24, 2.45) is 0 Å². The molecule has 2 aromatic carbocycles. The summed E-state index contributed by atoms with van der Waals surface area (Å²) in [7, 11) is -3.66. The monoisotopic (exact) mass is 490 g/mol. The number of nitrogens with one attached hydrogen (secondary N) is 2. The summed E-state index contributed by atoms with van der Waals surface area (Å²) in [6.07, 6.45) is 0. The second-order valence-electron chi connectivity index (χ2n) is 9.18. The molecule has 0 unspecified atom stereocenters. The standard InChI is InChI=1S/C19H24N4O3S.C5H10O2/c1-2-23-16-6-7-17(14-4-3-5-15(18(14)16)19(23)24)27(25,26)21-10-13-22-11-8-20-9-12-22;1-5(2,3)7-4-6/h3-7,20-21H,2,8-13H2,1H3;4H,1-3H3. The van der Waals surface area contributed by atoms with Crippen LogP contribution < -0.4 is 14.9 Å². The molecule has 0 bridgehead atoms. The van der Waals surface area contributed by atoms with Crippen molar-refractivity contribution in [3.05, 3.63) is 35.9 Å². The van der Waals surface area contributed by atoms with Crippen molar-refractivity contribution < 1.29 is 22.7 Å². The summed E-state index contributed by atoms with van der Waals surface area (Å²) in [5.74, 6) is -0.0701. The van der Waals surface area contributed by atoms with Crippen LogP contribution in [0.15, 0.2) is 35.2 Å². The molecule has 2 aliphatic rings. The maximum atomic E-state index is 12.9. The number of carbonyl (C=O) groups is 2. The van der Waals surface area contributed by atoms with Crippen molar-refractivity contribution in [1.82, 2.24) is 14.9 Å². The van der Waals surface area contributed by atoms with Gasteiger partial charge in [-0.3, -0.25) is 14.5 Å². The fourth-order valence-corrected chi connectivity index (χ4v) is 5.28. The molecule has 0 atom stereocenters. The number of nitrogens with zero attached hydrogens (tertiary/aromatic N) is 2. The van der Waals surface area contributed by atoms with Crippen molar-refractivity contribution >= 4 is 38.9 Å². The Labute approximate surface area is 201 Å². The van der Waals surface area contributed by atoms with E-state index in [0.717, 1.165) is 37.3 Å². The molecule has 1 fully saturated rings. The largest absolute Gasteiger partial charge is 0.462 e. The van der Waals surface area contributed by atoms with Gasteiger partial charge >= 0.3 is 0 Å². The number of anilines is 1. The number of hydrogen-bond donors (Lipinski definition) is 2. The Bertz CT molecular complexity index is 1140. The highest BCUT2D eigenvalue weighted by molar-refractivity contribution is 7.89. The van der Waals surface area contributed by atoms with E-state index in [1.54, 1.807) is 35.2 Å². The topological polar surface area (TPSA) is 108 Å². The highest BCUT2D eigenvalue weighted by Gasteiger charge is 2.31. The molecule has 1 saturated heterocycles. The fraction of sp³-hybridized carbons (Fsp3) is 0.500. The van der Waals surface area contributed by atoms with Gasteiger partial charge in [-0.2, -0.15) is 0 Å². The van der Waals surface area contributed by atoms with E-state index in [4.69, 9.17) is 0 Å². The molecule has 0 radical (unpaired) electrons. The number of sulfonamides is 1. The van der Waals surface area contributed by atoms with E-state index in [-0.39, 0.29) is 16.4 Å². The highest BCUT2D eigenvalue weighted by atomic mass is 32.2. The third-order valence-electron chi connectivity index (χ3n) is 5.68. The Morgan fingerprint density at radius 1 is 1.15 bits per heavy atom. The Kier molecular flexibility index (Phi) is 8.29. The van der Waals surface area contributed by atoms with Crippen molar-refractivity contribution in [2.75, 3.05) is 50.7 Å². The molecular formula is C24H34N4O5S. The Morgan fingerprint density at radius 3 is 2.44 bits per heavy atom. The lowest BCUT2D eigenvalue weighted by Crippen LogP contribution is -2.46. The summed E-state index contributed by atoms with van der Waals surface area (Å²) in [6.45, 7) is 13.2. The van der Waals surface area contributed by atoms with Crippen molar-refractivity contribution in [3.63, 3.8) is 0 Å². The molecule has 4 rings (SSSR count). The lowest BCUT2D eigenvalue weighted by atomic mass is 10.1. The van der Waals surface area contributed by atoms with Gasteiger partial charge in [-0.25, -0.2) is 13.1 Å². The summed E-state index contributed by atoms with van der Waals surface area (Å²) >= 11 is 0. The predicted molar refractivity (Wildman–Crippen MR) is 133 cm³/mol. The number of hydrogen-bond acceptors (Lipinski definition) is 7. The van der Waals surface area contributed by atoms with E-state index in [1.165, 1.54) is 0 Å². The zero-order valence-corrected chi connectivity index (χ0v) is 21.1. The number of carbonyl (C=O) groups excluding carboxylic acids is 2. The van der Waals surface area contributed by atoms with Crippen LogP contribution in [0, 0.1) is 0 Å². The Balaban J connectivity index is 0.000000406. The SMILES string of the molecule is CC(C)(C)OC=O.CCN1C(=O)c2cccc3c(S(=O)(=O)NCCN4CCNCC4)ccc1c23. The molecule has 2 heterocycles. The van der Waals surface area contributed by atoms with E-state index in [1.807, 2.05) is 27.7 Å². The van der Waals surface area contributed by atoms with Crippen LogP contribution in [-0.2, 0) is 19.6 Å². The van der Waals surface area contributed by atoms with E-state index in [9.17, 15) is 18.0 Å². The first-order valence-electron chi connectivity index (χ1n) is 11.5. The van der Waals surface area contributed by atoms with Crippen LogP contribution in [0.5, 0.6) is 0 Å². The minimum Gasteiger partial charge on any atom is -0.462 e. The van der Waals surface area contributed by atoms with Gasteiger partial charge in [-0.05, 0) is 45.9 Å². The summed E-state index contributed by atoms with van der Waals surface area (Å²) in [5, 5.41) is 4.62. The zero-order valence-electron chi connectivity index (χ0n) is 20.3. The molecule has 0 saturated carbocycles. The smallest absolute Gasteiger partial charge is 0.293 e. The lowest BCUT2D eigenvalue weighted by Gasteiger charge is -2.27. The van der Waals surface area contributed by atoms with Gasteiger partial charge in [0.25, 0.3) is 12.4 Å². The minimum atomic E-state index is -3.66. The Hall–Kier alpha value is -2.53. The molecular weight excluding hydrogens is 456 g/mol. The molecule has 186 valence electrons. The van der Waals surface area contributed by atoms with Crippen LogP contribution in [0.4, 0.5) is 5.69 Å². The van der Waals surface area contributed by atoms with Gasteiger partial charge in [-0.1, -0.05) is 12.1 Å². The molecule has 9 nitrogen and oxygen atoms in total. The fourth-order valence-electron chi connectivity index (χ4n) is 4.06. The summed E-state index contributed by atoms with van der Waals surface area (Å²) in [6, 6.07) is 8.64. The van der Waals surface area contributed by atoms with Crippen LogP contribution in [0.3, 0.4) is 0 Å². The number of piperazine rings is 1. The molecule has 2 aliphatic heterocycles. The molecule has 1 amide bonds. The molecule has 2 N–H and O–H groups in total. The summed E-state index contributed by atoms with van der Waals surface area (Å²) in [4.78, 5) is 26.3. The van der Waals surface area contributed by atoms with Crippen molar-refractivity contribution in [3.8, 4) is 0 Å². The first kappa shape index (κ1) is 26.1. The molecule has 0 spiro atoms. The number of amides is 1. The summed E-state index contributed by atoms with van der Waals surface area (Å²) < 4.78 is 33.1. The van der Waals surface area contributed by atoms with Gasteiger partial charge < -0.3 is 15.0 Å². The predicted octanol–water partition coefficient (Wildman–Crippen LogP) is 1.96. The Morgan fingerprint density at radius 2 is 1.85 bits per heavy atom. The lowest BCUT2D eigenvalue weighted by molar-refractivity contribution is -0.138. The third kappa shape index (κ3) is 5.93. The van der Waals surface area contributed by atoms with Crippen LogP contribution in [-0.4, -0.2) is 77.1 Å². The third-order valence-corrected chi connectivity index (χ3v) is 7.20. The first-order chi connectivity index (χ1) is 16.1. The molecule has 0 aromatic heterocycles. The molecule has 2 aromatic rings. The van der Waals surface area contributed by atoms with Crippen LogP contribution in [0.2, 0.25) is 0 Å². The van der Waals surface area contributed by atoms with Crippen LogP contribution in [0.25, 0.3) is 10.8 Å². The molecule has 34 heavy (non-hydrogen) atoms. The van der Waals surface area contributed by atoms with E-state index >= 15 is 0 Å². The van der Waals surface area contributed by atoms with Gasteiger partial charge in [0, 0.05) is 62.1 Å². The van der Waals surface area contributed by atoms with Crippen molar-refractivity contribution in [1.29, 1.82) is 0 Å². The van der Waals surface area contributed by atoms with E-state index in [0.29, 0.717) is 37.1 Å². The van der Waals surface area contributed by atoms with E-state index < -0.39 is 10.0 Å². The van der Waals surface area contributed by atoms with E-state index in [2.05, 4.69) is 19.7 Å². The van der Waals surface area contributed by atoms with Crippen molar-refractivity contribution in [2.45, 2.75) is 38.2 Å². The highest BCUT2D eigenvalue weighted by Crippen LogP contribution is 2.39. The van der Waals surface area contributed by atoms with Gasteiger partial charge in [0.2, 0.25) is 10.0 Å². The minimum absolute atomic E-state index is 0.0701. The second kappa shape index (κ2) is 10.8. The van der Waals surface area contributed by atoms with Gasteiger partial charge in [0.15, 0.2) is 0 Å².